The van der Waals surface area contributed by atoms with Crippen molar-refractivity contribution in [3.05, 3.63) is 40.4 Å². The van der Waals surface area contributed by atoms with Crippen LogP contribution in [0.4, 0.5) is 5.13 Å². The van der Waals surface area contributed by atoms with Crippen molar-refractivity contribution in [2.75, 3.05) is 19.1 Å². The molecule has 0 saturated carbocycles. The lowest BCUT2D eigenvalue weighted by Gasteiger charge is -2.05. The summed E-state index contributed by atoms with van der Waals surface area (Å²) in [5, 5.41) is 4.67. The second-order valence-electron chi connectivity index (χ2n) is 4.27. The minimum Gasteiger partial charge on any atom is -0.493 e. The second kappa shape index (κ2) is 7.56. The number of nitrogens with zero attached hydrogens (tertiary/aromatic N) is 2. The van der Waals surface area contributed by atoms with E-state index in [9.17, 15) is 4.79 Å². The first-order valence-electron chi connectivity index (χ1n) is 6.72. The van der Waals surface area contributed by atoms with Crippen LogP contribution in [-0.2, 0) is 4.74 Å². The molecule has 22 heavy (non-hydrogen) atoms. The Hall–Kier alpha value is -2.41. The number of esters is 1. The smallest absolute Gasteiger partial charge is 0.350 e. The zero-order valence-electron chi connectivity index (χ0n) is 12.6. The standard InChI is InChI=1S/C15H17N3O3S/c1-4-21-12-8-6-5-7-11(12)9-16-18-15-17-10(2)13(22-15)14(19)20-3/h5-9H,4H2,1-3H3,(H,17,18)/b16-9-. The molecule has 2 aromatic rings. The van der Waals surface area contributed by atoms with Crippen molar-refractivity contribution < 1.29 is 14.3 Å². The van der Waals surface area contributed by atoms with Gasteiger partial charge in [-0.1, -0.05) is 23.5 Å². The molecule has 0 radical (unpaired) electrons. The van der Waals surface area contributed by atoms with Gasteiger partial charge in [-0.25, -0.2) is 9.78 Å². The zero-order valence-corrected chi connectivity index (χ0v) is 13.4. The predicted octanol–water partition coefficient (Wildman–Crippen LogP) is 3.08. The van der Waals surface area contributed by atoms with E-state index in [2.05, 4.69) is 15.5 Å². The number of hydrogen-bond donors (Lipinski definition) is 1. The summed E-state index contributed by atoms with van der Waals surface area (Å²) >= 11 is 1.20. The molecule has 0 aliphatic carbocycles. The number of methoxy groups -OCH3 is 1. The second-order valence-corrected chi connectivity index (χ2v) is 5.27. The van der Waals surface area contributed by atoms with Crippen molar-refractivity contribution in [3.63, 3.8) is 0 Å². The molecule has 1 aromatic heterocycles. The molecule has 1 heterocycles. The lowest BCUT2D eigenvalue weighted by molar-refractivity contribution is 0.0605. The van der Waals surface area contributed by atoms with Gasteiger partial charge >= 0.3 is 5.97 Å². The maximum Gasteiger partial charge on any atom is 0.350 e. The van der Waals surface area contributed by atoms with E-state index in [-0.39, 0.29) is 0 Å². The van der Waals surface area contributed by atoms with Crippen LogP contribution in [0.3, 0.4) is 0 Å². The lowest BCUT2D eigenvalue weighted by atomic mass is 10.2. The summed E-state index contributed by atoms with van der Waals surface area (Å²) in [6, 6.07) is 7.60. The Morgan fingerprint density at radius 3 is 2.95 bits per heavy atom. The summed E-state index contributed by atoms with van der Waals surface area (Å²) in [6.07, 6.45) is 1.65. The number of aromatic nitrogens is 1. The van der Waals surface area contributed by atoms with Gasteiger partial charge in [0.05, 0.1) is 25.6 Å². The van der Waals surface area contributed by atoms with Crippen LogP contribution in [0.2, 0.25) is 0 Å². The molecule has 116 valence electrons. The number of ether oxygens (including phenoxy) is 2. The Morgan fingerprint density at radius 1 is 1.45 bits per heavy atom. The molecule has 0 atom stereocenters. The maximum absolute atomic E-state index is 11.5. The van der Waals surface area contributed by atoms with E-state index in [1.54, 1.807) is 13.1 Å². The van der Waals surface area contributed by atoms with Crippen molar-refractivity contribution in [1.29, 1.82) is 0 Å². The molecular formula is C15H17N3O3S. The van der Waals surface area contributed by atoms with Crippen molar-refractivity contribution in [1.82, 2.24) is 4.98 Å². The van der Waals surface area contributed by atoms with E-state index >= 15 is 0 Å². The summed E-state index contributed by atoms with van der Waals surface area (Å²) < 4.78 is 10.2. The number of hydrogen-bond acceptors (Lipinski definition) is 7. The van der Waals surface area contributed by atoms with Gasteiger partial charge < -0.3 is 9.47 Å². The first kappa shape index (κ1) is 16.0. The fourth-order valence-corrected chi connectivity index (χ4v) is 2.59. The minimum atomic E-state index is -0.395. The van der Waals surface area contributed by atoms with Gasteiger partial charge in [-0.05, 0) is 26.0 Å². The number of anilines is 1. The largest absolute Gasteiger partial charge is 0.493 e. The Balaban J connectivity index is 2.08. The molecule has 7 heteroatoms. The summed E-state index contributed by atoms with van der Waals surface area (Å²) in [5.74, 6) is 0.370. The van der Waals surface area contributed by atoms with E-state index in [0.29, 0.717) is 22.3 Å². The van der Waals surface area contributed by atoms with E-state index < -0.39 is 5.97 Å². The third kappa shape index (κ3) is 3.82. The highest BCUT2D eigenvalue weighted by atomic mass is 32.1. The number of carbonyl (C=O) groups excluding carboxylic acids is 1. The molecule has 0 bridgehead atoms. The quantitative estimate of drug-likeness (QED) is 0.503. The van der Waals surface area contributed by atoms with Crippen molar-refractivity contribution >= 4 is 28.7 Å². The third-order valence-electron chi connectivity index (χ3n) is 2.75. The van der Waals surface area contributed by atoms with Crippen LogP contribution in [0.25, 0.3) is 0 Å². The summed E-state index contributed by atoms with van der Waals surface area (Å²) in [6.45, 7) is 4.27. The Kier molecular flexibility index (Phi) is 5.48. The third-order valence-corrected chi connectivity index (χ3v) is 3.79. The first-order valence-corrected chi connectivity index (χ1v) is 7.54. The number of thiazole rings is 1. The monoisotopic (exact) mass is 319 g/mol. The fraction of sp³-hybridized carbons (Fsp3) is 0.267. The number of para-hydroxylation sites is 1. The Morgan fingerprint density at radius 2 is 2.23 bits per heavy atom. The highest BCUT2D eigenvalue weighted by Crippen LogP contribution is 2.23. The van der Waals surface area contributed by atoms with Gasteiger partial charge in [0.1, 0.15) is 10.6 Å². The SMILES string of the molecule is CCOc1ccccc1/C=N\Nc1nc(C)c(C(=O)OC)s1. The fourth-order valence-electron chi connectivity index (χ4n) is 1.76. The number of hydrazone groups is 1. The Labute approximate surface area is 132 Å². The highest BCUT2D eigenvalue weighted by molar-refractivity contribution is 7.17. The van der Waals surface area contributed by atoms with Crippen LogP contribution in [0, 0.1) is 6.92 Å². The van der Waals surface area contributed by atoms with Crippen LogP contribution in [-0.4, -0.2) is 30.9 Å². The summed E-state index contributed by atoms with van der Waals surface area (Å²) in [7, 11) is 1.34. The van der Waals surface area contributed by atoms with E-state index in [0.717, 1.165) is 11.3 Å². The lowest BCUT2D eigenvalue weighted by Crippen LogP contribution is -1.99. The summed E-state index contributed by atoms with van der Waals surface area (Å²) in [5.41, 5.74) is 4.29. The van der Waals surface area contributed by atoms with Gasteiger partial charge in [0.2, 0.25) is 5.13 Å². The maximum atomic E-state index is 11.5. The Bertz CT molecular complexity index is 682. The van der Waals surface area contributed by atoms with Gasteiger partial charge in [0.25, 0.3) is 0 Å². The average Bonchev–Trinajstić information content (AvgIpc) is 2.89. The molecule has 2 rings (SSSR count). The molecule has 0 amide bonds. The van der Waals surface area contributed by atoms with Crippen LogP contribution < -0.4 is 10.2 Å². The number of nitrogens with one attached hydrogen (secondary N) is 1. The van der Waals surface area contributed by atoms with Crippen molar-refractivity contribution in [3.8, 4) is 5.75 Å². The van der Waals surface area contributed by atoms with Crippen molar-refractivity contribution in [2.24, 2.45) is 5.10 Å². The predicted molar refractivity (Wildman–Crippen MR) is 87.0 cm³/mol. The van der Waals surface area contributed by atoms with E-state index in [1.807, 2.05) is 31.2 Å². The number of benzene rings is 1. The molecule has 1 aromatic carbocycles. The number of carbonyl (C=O) groups is 1. The van der Waals surface area contributed by atoms with Gasteiger partial charge in [0.15, 0.2) is 0 Å². The van der Waals surface area contributed by atoms with Crippen LogP contribution in [0.15, 0.2) is 29.4 Å². The number of aryl methyl sites for hydroxylation is 1. The van der Waals surface area contributed by atoms with E-state index in [1.165, 1.54) is 18.4 Å². The van der Waals surface area contributed by atoms with Gasteiger partial charge in [0, 0.05) is 5.56 Å². The van der Waals surface area contributed by atoms with Crippen LogP contribution >= 0.6 is 11.3 Å². The zero-order chi connectivity index (χ0) is 15.9. The molecule has 0 fully saturated rings. The molecule has 0 spiro atoms. The molecule has 1 N–H and O–H groups in total. The van der Waals surface area contributed by atoms with Gasteiger partial charge in [-0.15, -0.1) is 0 Å². The molecular weight excluding hydrogens is 302 g/mol. The van der Waals surface area contributed by atoms with Gasteiger partial charge in [-0.3, -0.25) is 5.43 Å². The van der Waals surface area contributed by atoms with Crippen LogP contribution in [0.1, 0.15) is 27.9 Å². The first-order chi connectivity index (χ1) is 10.7. The summed E-state index contributed by atoms with van der Waals surface area (Å²) in [4.78, 5) is 16.2. The average molecular weight is 319 g/mol. The molecule has 0 saturated heterocycles. The highest BCUT2D eigenvalue weighted by Gasteiger charge is 2.15. The topological polar surface area (TPSA) is 72.8 Å². The van der Waals surface area contributed by atoms with E-state index in [4.69, 9.17) is 9.47 Å². The minimum absolute atomic E-state index is 0.395. The number of rotatable bonds is 6. The van der Waals surface area contributed by atoms with Gasteiger partial charge in [-0.2, -0.15) is 5.10 Å². The van der Waals surface area contributed by atoms with Crippen LogP contribution in [0.5, 0.6) is 5.75 Å². The molecule has 0 aliphatic heterocycles. The molecule has 6 nitrogen and oxygen atoms in total. The molecule has 0 aliphatic rings. The normalized spacial score (nSPS) is 10.7. The van der Waals surface area contributed by atoms with Crippen molar-refractivity contribution in [2.45, 2.75) is 13.8 Å². The molecule has 0 unspecified atom stereocenters.